The Morgan fingerprint density at radius 2 is 1.68 bits per heavy atom. The zero-order valence-electron chi connectivity index (χ0n) is 12.8. The van der Waals surface area contributed by atoms with E-state index in [1.54, 1.807) is 48.5 Å². The molecule has 1 aromatic heterocycles. The van der Waals surface area contributed by atoms with Crippen LogP contribution < -0.4 is 10.1 Å². The molecule has 0 spiro atoms. The van der Waals surface area contributed by atoms with Gasteiger partial charge in [0.25, 0.3) is 5.91 Å². The first-order valence-electron chi connectivity index (χ1n) is 7.21. The standard InChI is InChI=1S/C17H12ClN3O3S/c18-13-5-1-11(2-6-13)16(23)12-3-7-14(8-4-12)24-9-15(22)20-17-21-19-10-25-17/h1-8,10H,9H2,(H,20,21,22). The largest absolute Gasteiger partial charge is 0.484 e. The summed E-state index contributed by atoms with van der Waals surface area (Å²) in [6.07, 6.45) is 0. The highest BCUT2D eigenvalue weighted by Gasteiger charge is 2.10. The molecule has 6 nitrogen and oxygen atoms in total. The van der Waals surface area contributed by atoms with E-state index in [-0.39, 0.29) is 18.3 Å². The van der Waals surface area contributed by atoms with E-state index in [1.165, 1.54) is 16.8 Å². The van der Waals surface area contributed by atoms with Gasteiger partial charge >= 0.3 is 0 Å². The lowest BCUT2D eigenvalue weighted by molar-refractivity contribution is -0.118. The van der Waals surface area contributed by atoms with Gasteiger partial charge in [0.15, 0.2) is 12.4 Å². The highest BCUT2D eigenvalue weighted by atomic mass is 35.5. The van der Waals surface area contributed by atoms with Gasteiger partial charge in [0.2, 0.25) is 5.13 Å². The Morgan fingerprint density at radius 3 is 2.28 bits per heavy atom. The normalized spacial score (nSPS) is 10.3. The van der Waals surface area contributed by atoms with Crippen LogP contribution in [0.5, 0.6) is 5.75 Å². The number of amides is 1. The lowest BCUT2D eigenvalue weighted by atomic mass is 10.0. The molecule has 2 aromatic carbocycles. The van der Waals surface area contributed by atoms with Crippen molar-refractivity contribution in [3.8, 4) is 5.75 Å². The van der Waals surface area contributed by atoms with Gasteiger partial charge < -0.3 is 4.74 Å². The van der Waals surface area contributed by atoms with E-state index >= 15 is 0 Å². The third kappa shape index (κ3) is 4.62. The van der Waals surface area contributed by atoms with Gasteiger partial charge in [0, 0.05) is 16.1 Å². The predicted molar refractivity (Wildman–Crippen MR) is 95.4 cm³/mol. The quantitative estimate of drug-likeness (QED) is 0.669. The first-order chi connectivity index (χ1) is 12.1. The molecule has 25 heavy (non-hydrogen) atoms. The SMILES string of the molecule is O=C(COc1ccc(C(=O)c2ccc(Cl)cc2)cc1)Nc1nncs1. The molecule has 1 amide bonds. The lowest BCUT2D eigenvalue weighted by Crippen LogP contribution is -2.20. The number of halogens is 1. The van der Waals surface area contributed by atoms with Crippen LogP contribution in [0.25, 0.3) is 0 Å². The smallest absolute Gasteiger partial charge is 0.264 e. The fourth-order valence-electron chi connectivity index (χ4n) is 2.00. The Hall–Kier alpha value is -2.77. The first-order valence-corrected chi connectivity index (χ1v) is 8.47. The second-order valence-electron chi connectivity index (χ2n) is 4.94. The van der Waals surface area contributed by atoms with Gasteiger partial charge in [0.1, 0.15) is 11.3 Å². The number of anilines is 1. The summed E-state index contributed by atoms with van der Waals surface area (Å²) in [5, 5.41) is 10.9. The minimum absolute atomic E-state index is 0.114. The summed E-state index contributed by atoms with van der Waals surface area (Å²) in [6.45, 7) is -0.163. The number of carbonyl (C=O) groups is 2. The maximum atomic E-state index is 12.4. The van der Waals surface area contributed by atoms with E-state index in [0.717, 1.165) is 0 Å². The fourth-order valence-corrected chi connectivity index (χ4v) is 2.59. The molecule has 0 saturated heterocycles. The Morgan fingerprint density at radius 1 is 1.04 bits per heavy atom. The molecule has 0 atom stereocenters. The van der Waals surface area contributed by atoms with Crippen molar-refractivity contribution in [3.05, 3.63) is 70.2 Å². The Kier molecular flexibility index (Phi) is 5.37. The molecule has 8 heteroatoms. The van der Waals surface area contributed by atoms with Crippen LogP contribution in [0.4, 0.5) is 5.13 Å². The van der Waals surface area contributed by atoms with Crippen LogP contribution in [-0.2, 0) is 4.79 Å². The number of ketones is 1. The van der Waals surface area contributed by atoms with Crippen molar-refractivity contribution in [1.29, 1.82) is 0 Å². The van der Waals surface area contributed by atoms with Crippen molar-refractivity contribution < 1.29 is 14.3 Å². The summed E-state index contributed by atoms with van der Waals surface area (Å²) in [5.74, 6) is 0.0374. The van der Waals surface area contributed by atoms with Crippen molar-refractivity contribution in [2.45, 2.75) is 0 Å². The number of ether oxygens (including phenoxy) is 1. The predicted octanol–water partition coefficient (Wildman–Crippen LogP) is 3.44. The molecule has 1 N–H and O–H groups in total. The highest BCUT2D eigenvalue weighted by Crippen LogP contribution is 2.17. The maximum absolute atomic E-state index is 12.4. The number of hydrogen-bond donors (Lipinski definition) is 1. The van der Waals surface area contributed by atoms with E-state index < -0.39 is 0 Å². The third-order valence-electron chi connectivity index (χ3n) is 3.20. The number of benzene rings is 2. The van der Waals surface area contributed by atoms with Crippen LogP contribution in [0.15, 0.2) is 54.0 Å². The number of nitrogens with one attached hydrogen (secondary N) is 1. The Balaban J connectivity index is 1.57. The molecule has 1 heterocycles. The van der Waals surface area contributed by atoms with Crippen molar-refractivity contribution in [1.82, 2.24) is 10.2 Å². The van der Waals surface area contributed by atoms with Crippen molar-refractivity contribution in [2.24, 2.45) is 0 Å². The Bertz CT molecular complexity index is 865. The molecule has 3 aromatic rings. The molecule has 0 aliphatic rings. The Labute approximate surface area is 152 Å². The van der Waals surface area contributed by atoms with Crippen LogP contribution in [0.3, 0.4) is 0 Å². The van der Waals surface area contributed by atoms with Crippen LogP contribution >= 0.6 is 22.9 Å². The molecule has 0 fully saturated rings. The minimum Gasteiger partial charge on any atom is -0.484 e. The third-order valence-corrected chi connectivity index (χ3v) is 4.06. The molecular formula is C17H12ClN3O3S. The summed E-state index contributed by atoms with van der Waals surface area (Å²) in [7, 11) is 0. The summed E-state index contributed by atoms with van der Waals surface area (Å²) in [6, 6.07) is 13.3. The average molecular weight is 374 g/mol. The molecular weight excluding hydrogens is 362 g/mol. The minimum atomic E-state index is -0.335. The van der Waals surface area contributed by atoms with Gasteiger partial charge in [-0.1, -0.05) is 22.9 Å². The van der Waals surface area contributed by atoms with E-state index in [9.17, 15) is 9.59 Å². The molecule has 0 aliphatic carbocycles. The molecule has 0 aliphatic heterocycles. The average Bonchev–Trinajstić information content (AvgIpc) is 3.13. The van der Waals surface area contributed by atoms with Crippen LogP contribution in [-0.4, -0.2) is 28.5 Å². The number of hydrogen-bond acceptors (Lipinski definition) is 6. The zero-order valence-corrected chi connectivity index (χ0v) is 14.4. The maximum Gasteiger partial charge on any atom is 0.264 e. The van der Waals surface area contributed by atoms with E-state index in [4.69, 9.17) is 16.3 Å². The number of nitrogens with zero attached hydrogens (tertiary/aromatic N) is 2. The van der Waals surface area contributed by atoms with Crippen LogP contribution in [0.2, 0.25) is 5.02 Å². The molecule has 0 saturated carbocycles. The lowest BCUT2D eigenvalue weighted by Gasteiger charge is -2.07. The van der Waals surface area contributed by atoms with Gasteiger partial charge in [-0.3, -0.25) is 14.9 Å². The van der Waals surface area contributed by atoms with Gasteiger partial charge in [-0.15, -0.1) is 10.2 Å². The van der Waals surface area contributed by atoms with Gasteiger partial charge in [-0.05, 0) is 48.5 Å². The van der Waals surface area contributed by atoms with Crippen molar-refractivity contribution in [3.63, 3.8) is 0 Å². The zero-order chi connectivity index (χ0) is 17.6. The van der Waals surface area contributed by atoms with Gasteiger partial charge in [0.05, 0.1) is 0 Å². The van der Waals surface area contributed by atoms with Crippen molar-refractivity contribution >= 4 is 39.8 Å². The number of rotatable bonds is 6. The molecule has 0 unspecified atom stereocenters. The topological polar surface area (TPSA) is 81.2 Å². The van der Waals surface area contributed by atoms with Gasteiger partial charge in [-0.2, -0.15) is 0 Å². The molecule has 0 bridgehead atoms. The summed E-state index contributed by atoms with van der Waals surface area (Å²) < 4.78 is 5.39. The molecule has 126 valence electrons. The second-order valence-corrected chi connectivity index (χ2v) is 6.21. The monoisotopic (exact) mass is 373 g/mol. The first kappa shape index (κ1) is 17.1. The molecule has 0 radical (unpaired) electrons. The number of carbonyl (C=O) groups excluding carboxylic acids is 2. The summed E-state index contributed by atoms with van der Waals surface area (Å²) in [4.78, 5) is 24.1. The van der Waals surface area contributed by atoms with Gasteiger partial charge in [-0.25, -0.2) is 0 Å². The van der Waals surface area contributed by atoms with Crippen LogP contribution in [0.1, 0.15) is 15.9 Å². The highest BCUT2D eigenvalue weighted by molar-refractivity contribution is 7.13. The summed E-state index contributed by atoms with van der Waals surface area (Å²) in [5.41, 5.74) is 2.59. The number of aromatic nitrogens is 2. The summed E-state index contributed by atoms with van der Waals surface area (Å²) >= 11 is 7.04. The van der Waals surface area contributed by atoms with E-state index in [2.05, 4.69) is 15.5 Å². The van der Waals surface area contributed by atoms with E-state index in [0.29, 0.717) is 27.0 Å². The van der Waals surface area contributed by atoms with E-state index in [1.807, 2.05) is 0 Å². The molecule has 3 rings (SSSR count). The van der Waals surface area contributed by atoms with Crippen molar-refractivity contribution in [2.75, 3.05) is 11.9 Å². The second kappa shape index (κ2) is 7.87. The fraction of sp³-hybridized carbons (Fsp3) is 0.0588. The van der Waals surface area contributed by atoms with Crippen LogP contribution in [0, 0.1) is 0 Å².